The minimum absolute atomic E-state index is 0.0603. The molecule has 16 heavy (non-hydrogen) atoms. The third-order valence-corrected chi connectivity index (χ3v) is 2.16. The summed E-state index contributed by atoms with van der Waals surface area (Å²) >= 11 is 0. The SMILES string of the molecule is N#Cc1c(C(F)(F)F)[nH]c2ccc(F)cc12. The zero-order chi connectivity index (χ0) is 11.9. The quantitative estimate of drug-likeness (QED) is 0.691. The summed E-state index contributed by atoms with van der Waals surface area (Å²) in [5, 5.41) is 8.61. The van der Waals surface area contributed by atoms with Crippen LogP contribution < -0.4 is 0 Å². The zero-order valence-electron chi connectivity index (χ0n) is 7.69. The van der Waals surface area contributed by atoms with Crippen LogP contribution in [0.5, 0.6) is 0 Å². The van der Waals surface area contributed by atoms with E-state index in [1.807, 2.05) is 0 Å². The molecule has 2 aromatic rings. The molecule has 1 heterocycles. The van der Waals surface area contributed by atoms with Crippen LogP contribution in [0.2, 0.25) is 0 Å². The van der Waals surface area contributed by atoms with Crippen molar-refractivity contribution in [2.45, 2.75) is 6.18 Å². The van der Waals surface area contributed by atoms with Crippen molar-refractivity contribution < 1.29 is 17.6 Å². The van der Waals surface area contributed by atoms with Crippen LogP contribution >= 0.6 is 0 Å². The van der Waals surface area contributed by atoms with E-state index < -0.39 is 23.3 Å². The second-order valence-corrected chi connectivity index (χ2v) is 3.17. The first kappa shape index (κ1) is 10.5. The Hall–Kier alpha value is -2.03. The van der Waals surface area contributed by atoms with Gasteiger partial charge in [-0.25, -0.2) is 4.39 Å². The van der Waals surface area contributed by atoms with Gasteiger partial charge in [0, 0.05) is 10.9 Å². The fourth-order valence-electron chi connectivity index (χ4n) is 1.49. The molecule has 6 heteroatoms. The monoisotopic (exact) mass is 228 g/mol. The van der Waals surface area contributed by atoms with E-state index in [0.29, 0.717) is 0 Å². The minimum atomic E-state index is -4.65. The van der Waals surface area contributed by atoms with Gasteiger partial charge in [0.05, 0.1) is 5.56 Å². The highest BCUT2D eigenvalue weighted by Gasteiger charge is 2.36. The number of aromatic amines is 1. The third-order valence-electron chi connectivity index (χ3n) is 2.16. The molecule has 2 nitrogen and oxygen atoms in total. The van der Waals surface area contributed by atoms with Crippen LogP contribution in [0.1, 0.15) is 11.3 Å². The molecule has 0 spiro atoms. The van der Waals surface area contributed by atoms with Gasteiger partial charge in [-0.05, 0) is 18.2 Å². The number of nitriles is 1. The number of hydrogen-bond donors (Lipinski definition) is 1. The van der Waals surface area contributed by atoms with Crippen LogP contribution in [-0.4, -0.2) is 4.98 Å². The number of hydrogen-bond acceptors (Lipinski definition) is 1. The number of alkyl halides is 3. The Balaban J connectivity index is 2.84. The normalized spacial score (nSPS) is 11.7. The summed E-state index contributed by atoms with van der Waals surface area (Å²) in [5.74, 6) is -0.684. The highest BCUT2D eigenvalue weighted by Crippen LogP contribution is 2.35. The van der Waals surface area contributed by atoms with Gasteiger partial charge in [0.15, 0.2) is 0 Å². The molecule has 1 aromatic carbocycles. The molecule has 0 bridgehead atoms. The van der Waals surface area contributed by atoms with Crippen LogP contribution in [-0.2, 0) is 6.18 Å². The Labute approximate surface area is 87.1 Å². The molecule has 0 fully saturated rings. The molecule has 0 aliphatic carbocycles. The Morgan fingerprint density at radius 1 is 1.25 bits per heavy atom. The number of nitrogens with one attached hydrogen (secondary N) is 1. The van der Waals surface area contributed by atoms with Gasteiger partial charge in [0.2, 0.25) is 0 Å². The molecule has 1 N–H and O–H groups in total. The molecule has 0 saturated heterocycles. The summed E-state index contributed by atoms with van der Waals surface area (Å²) in [4.78, 5) is 2.07. The molecular weight excluding hydrogens is 224 g/mol. The van der Waals surface area contributed by atoms with Crippen LogP contribution in [0.4, 0.5) is 17.6 Å². The fraction of sp³-hybridized carbons (Fsp3) is 0.100. The Morgan fingerprint density at radius 2 is 1.94 bits per heavy atom. The average Bonchev–Trinajstić information content (AvgIpc) is 2.54. The van der Waals surface area contributed by atoms with Crippen LogP contribution in [0.15, 0.2) is 18.2 Å². The molecule has 0 radical (unpaired) electrons. The summed E-state index contributed by atoms with van der Waals surface area (Å²) in [6.07, 6.45) is -4.65. The van der Waals surface area contributed by atoms with Crippen molar-refractivity contribution in [2.75, 3.05) is 0 Å². The maximum absolute atomic E-state index is 12.9. The Morgan fingerprint density at radius 3 is 2.50 bits per heavy atom. The van der Waals surface area contributed by atoms with E-state index in [1.165, 1.54) is 12.1 Å². The van der Waals surface area contributed by atoms with E-state index in [4.69, 9.17) is 5.26 Å². The number of fused-ring (bicyclic) bond motifs is 1. The summed E-state index contributed by atoms with van der Waals surface area (Å²) < 4.78 is 50.3. The molecule has 0 unspecified atom stereocenters. The van der Waals surface area contributed by atoms with Crippen molar-refractivity contribution in [1.29, 1.82) is 5.26 Å². The number of nitrogens with zero attached hydrogens (tertiary/aromatic N) is 1. The summed E-state index contributed by atoms with van der Waals surface area (Å²) in [6.45, 7) is 0. The Kier molecular flexibility index (Phi) is 2.12. The number of rotatable bonds is 0. The topological polar surface area (TPSA) is 39.6 Å². The van der Waals surface area contributed by atoms with E-state index in [-0.39, 0.29) is 10.9 Å². The van der Waals surface area contributed by atoms with Crippen LogP contribution in [0.25, 0.3) is 10.9 Å². The van der Waals surface area contributed by atoms with E-state index in [1.54, 1.807) is 0 Å². The van der Waals surface area contributed by atoms with Crippen LogP contribution in [0, 0.1) is 17.1 Å². The van der Waals surface area contributed by atoms with Crippen molar-refractivity contribution in [2.24, 2.45) is 0 Å². The number of aromatic nitrogens is 1. The lowest BCUT2D eigenvalue weighted by Crippen LogP contribution is -2.07. The molecule has 0 atom stereocenters. The van der Waals surface area contributed by atoms with E-state index in [0.717, 1.165) is 12.1 Å². The van der Waals surface area contributed by atoms with E-state index in [9.17, 15) is 17.6 Å². The number of halogens is 4. The van der Waals surface area contributed by atoms with E-state index >= 15 is 0 Å². The van der Waals surface area contributed by atoms with Gasteiger partial charge in [-0.3, -0.25) is 0 Å². The molecular formula is C10H4F4N2. The van der Waals surface area contributed by atoms with Gasteiger partial charge >= 0.3 is 6.18 Å². The summed E-state index contributed by atoms with van der Waals surface area (Å²) in [5.41, 5.74) is -1.64. The van der Waals surface area contributed by atoms with E-state index in [2.05, 4.69) is 4.98 Å². The highest BCUT2D eigenvalue weighted by atomic mass is 19.4. The molecule has 2 rings (SSSR count). The number of benzene rings is 1. The largest absolute Gasteiger partial charge is 0.432 e. The van der Waals surface area contributed by atoms with Crippen molar-refractivity contribution in [3.05, 3.63) is 35.3 Å². The van der Waals surface area contributed by atoms with Crippen molar-refractivity contribution in [3.8, 4) is 6.07 Å². The molecule has 0 saturated carbocycles. The second kappa shape index (κ2) is 3.23. The van der Waals surface area contributed by atoms with Crippen molar-refractivity contribution >= 4 is 10.9 Å². The first-order valence-electron chi connectivity index (χ1n) is 4.22. The van der Waals surface area contributed by atoms with Gasteiger partial charge in [0.1, 0.15) is 17.6 Å². The smallest absolute Gasteiger partial charge is 0.350 e. The van der Waals surface area contributed by atoms with Gasteiger partial charge < -0.3 is 4.98 Å². The van der Waals surface area contributed by atoms with Crippen molar-refractivity contribution in [3.63, 3.8) is 0 Å². The van der Waals surface area contributed by atoms with Gasteiger partial charge in [-0.15, -0.1) is 0 Å². The highest BCUT2D eigenvalue weighted by molar-refractivity contribution is 5.87. The molecule has 0 aliphatic rings. The maximum atomic E-state index is 12.9. The number of H-pyrrole nitrogens is 1. The first-order valence-corrected chi connectivity index (χ1v) is 4.22. The lowest BCUT2D eigenvalue weighted by Gasteiger charge is -2.02. The lowest BCUT2D eigenvalue weighted by atomic mass is 10.1. The molecule has 0 aliphatic heterocycles. The third kappa shape index (κ3) is 1.50. The zero-order valence-corrected chi connectivity index (χ0v) is 7.69. The first-order chi connectivity index (χ1) is 7.43. The van der Waals surface area contributed by atoms with Gasteiger partial charge in [-0.2, -0.15) is 18.4 Å². The average molecular weight is 228 g/mol. The minimum Gasteiger partial charge on any atom is -0.350 e. The van der Waals surface area contributed by atoms with Crippen molar-refractivity contribution in [1.82, 2.24) is 4.98 Å². The predicted molar refractivity (Wildman–Crippen MR) is 48.0 cm³/mol. The predicted octanol–water partition coefficient (Wildman–Crippen LogP) is 3.20. The van der Waals surface area contributed by atoms with Gasteiger partial charge in [-0.1, -0.05) is 0 Å². The second-order valence-electron chi connectivity index (χ2n) is 3.17. The molecule has 0 amide bonds. The molecule has 1 aromatic heterocycles. The van der Waals surface area contributed by atoms with Crippen LogP contribution in [0.3, 0.4) is 0 Å². The molecule has 82 valence electrons. The maximum Gasteiger partial charge on any atom is 0.432 e. The summed E-state index contributed by atoms with van der Waals surface area (Å²) in [6, 6.07) is 4.53. The Bertz CT molecular complexity index is 589. The fourth-order valence-corrected chi connectivity index (χ4v) is 1.49. The summed E-state index contributed by atoms with van der Waals surface area (Å²) in [7, 11) is 0. The lowest BCUT2D eigenvalue weighted by molar-refractivity contribution is -0.140. The standard InChI is InChI=1S/C10H4F4N2/c11-5-1-2-8-6(3-5)7(4-15)9(16-8)10(12,13)14/h1-3,16H. The van der Waals surface area contributed by atoms with Gasteiger partial charge in [0.25, 0.3) is 0 Å².